The van der Waals surface area contributed by atoms with E-state index < -0.39 is 24.5 Å². The van der Waals surface area contributed by atoms with Crippen LogP contribution in [0.3, 0.4) is 0 Å². The van der Waals surface area contributed by atoms with E-state index in [0.717, 1.165) is 15.4 Å². The quantitative estimate of drug-likeness (QED) is 0.799. The number of imide groups is 1. The average Bonchev–Trinajstić information content (AvgIpc) is 3.13. The highest BCUT2D eigenvalue weighted by Crippen LogP contribution is 2.31. The first kappa shape index (κ1) is 18.7. The molecule has 134 valence electrons. The van der Waals surface area contributed by atoms with Gasteiger partial charge in [0.05, 0.1) is 5.56 Å². The second-order valence-corrected chi connectivity index (χ2v) is 7.01. The first-order valence-electron chi connectivity index (χ1n) is 7.80. The standard InChI is InChI=1S/C17H21N3O4S/c1-10(2)18-17(23)19-13(21)9-24-16(22)14-11(3)12(4)25-15(14)20-7-5-6-8-20/h5-8,10H,9H2,1-4H3,(H2,18,19,21,23). The van der Waals surface area contributed by atoms with E-state index in [2.05, 4.69) is 10.6 Å². The molecule has 0 aliphatic heterocycles. The highest BCUT2D eigenvalue weighted by molar-refractivity contribution is 7.15. The van der Waals surface area contributed by atoms with Crippen LogP contribution < -0.4 is 10.6 Å². The summed E-state index contributed by atoms with van der Waals surface area (Å²) in [6.45, 7) is 6.78. The molecule has 0 saturated heterocycles. The maximum absolute atomic E-state index is 12.5. The van der Waals surface area contributed by atoms with Crippen molar-refractivity contribution < 1.29 is 19.1 Å². The molecule has 2 N–H and O–H groups in total. The van der Waals surface area contributed by atoms with Crippen LogP contribution >= 0.6 is 11.3 Å². The van der Waals surface area contributed by atoms with Gasteiger partial charge in [-0.05, 0) is 45.4 Å². The highest BCUT2D eigenvalue weighted by Gasteiger charge is 2.22. The maximum atomic E-state index is 12.5. The maximum Gasteiger partial charge on any atom is 0.341 e. The van der Waals surface area contributed by atoms with E-state index in [-0.39, 0.29) is 6.04 Å². The van der Waals surface area contributed by atoms with Crippen LogP contribution in [0.25, 0.3) is 5.00 Å². The Morgan fingerprint density at radius 2 is 1.84 bits per heavy atom. The lowest BCUT2D eigenvalue weighted by Gasteiger charge is -2.10. The Bertz CT molecular complexity index is 778. The van der Waals surface area contributed by atoms with Crippen molar-refractivity contribution in [2.45, 2.75) is 33.7 Å². The minimum Gasteiger partial charge on any atom is -0.452 e. The number of aromatic nitrogens is 1. The van der Waals surface area contributed by atoms with Gasteiger partial charge in [-0.1, -0.05) is 0 Å². The summed E-state index contributed by atoms with van der Waals surface area (Å²) < 4.78 is 6.92. The fourth-order valence-corrected chi connectivity index (χ4v) is 3.28. The van der Waals surface area contributed by atoms with Crippen LogP contribution in [0.2, 0.25) is 0 Å². The molecule has 25 heavy (non-hydrogen) atoms. The molecule has 2 heterocycles. The van der Waals surface area contributed by atoms with E-state index in [0.29, 0.717) is 5.56 Å². The number of carbonyl (C=O) groups excluding carboxylic acids is 3. The van der Waals surface area contributed by atoms with Crippen LogP contribution in [-0.4, -0.2) is 35.1 Å². The Balaban J connectivity index is 2.04. The van der Waals surface area contributed by atoms with Gasteiger partial charge in [0.25, 0.3) is 5.91 Å². The summed E-state index contributed by atoms with van der Waals surface area (Å²) in [6, 6.07) is 3.00. The number of aryl methyl sites for hydroxylation is 1. The van der Waals surface area contributed by atoms with Crippen molar-refractivity contribution in [1.29, 1.82) is 0 Å². The number of thiophene rings is 1. The lowest BCUT2D eigenvalue weighted by molar-refractivity contribution is -0.123. The SMILES string of the molecule is Cc1sc(-n2cccc2)c(C(=O)OCC(=O)NC(=O)NC(C)C)c1C. The van der Waals surface area contributed by atoms with Crippen LogP contribution in [0.15, 0.2) is 24.5 Å². The number of amides is 3. The summed E-state index contributed by atoms with van der Waals surface area (Å²) in [5.74, 6) is -1.27. The normalized spacial score (nSPS) is 10.6. The third-order valence-corrected chi connectivity index (χ3v) is 4.64. The number of hydrogen-bond donors (Lipinski definition) is 2. The first-order chi connectivity index (χ1) is 11.8. The van der Waals surface area contributed by atoms with E-state index in [1.165, 1.54) is 11.3 Å². The third-order valence-electron chi connectivity index (χ3n) is 3.42. The van der Waals surface area contributed by atoms with Gasteiger partial charge in [-0.2, -0.15) is 0 Å². The molecule has 0 fully saturated rings. The third kappa shape index (κ3) is 4.69. The van der Waals surface area contributed by atoms with Crippen LogP contribution in [-0.2, 0) is 9.53 Å². The topological polar surface area (TPSA) is 89.4 Å². The Labute approximate surface area is 150 Å². The molecule has 0 bridgehead atoms. The highest BCUT2D eigenvalue weighted by atomic mass is 32.1. The van der Waals surface area contributed by atoms with Crippen LogP contribution in [0.1, 0.15) is 34.6 Å². The molecule has 0 aliphatic carbocycles. The largest absolute Gasteiger partial charge is 0.452 e. The number of hydrogen-bond acceptors (Lipinski definition) is 5. The molecule has 0 spiro atoms. The van der Waals surface area contributed by atoms with E-state index in [9.17, 15) is 14.4 Å². The molecule has 0 radical (unpaired) electrons. The van der Waals surface area contributed by atoms with Gasteiger partial charge in [0, 0.05) is 23.3 Å². The predicted octanol–water partition coefficient (Wildman–Crippen LogP) is 2.55. The Hall–Kier alpha value is -2.61. The van der Waals surface area contributed by atoms with Crippen molar-refractivity contribution in [3.63, 3.8) is 0 Å². The summed E-state index contributed by atoms with van der Waals surface area (Å²) >= 11 is 1.48. The van der Waals surface area contributed by atoms with Gasteiger partial charge in [0.1, 0.15) is 5.00 Å². The smallest absolute Gasteiger partial charge is 0.341 e. The molecule has 0 saturated carbocycles. The van der Waals surface area contributed by atoms with Gasteiger partial charge in [-0.3, -0.25) is 10.1 Å². The number of esters is 1. The Morgan fingerprint density at radius 3 is 2.44 bits per heavy atom. The summed E-state index contributed by atoms with van der Waals surface area (Å²) in [7, 11) is 0. The van der Waals surface area contributed by atoms with Crippen LogP contribution in [0.5, 0.6) is 0 Å². The van der Waals surface area contributed by atoms with Gasteiger partial charge in [0.15, 0.2) is 6.61 Å². The van der Waals surface area contributed by atoms with Crippen LogP contribution in [0.4, 0.5) is 4.79 Å². The molecule has 2 aromatic heterocycles. The molecule has 7 nitrogen and oxygen atoms in total. The number of urea groups is 1. The second-order valence-electron chi connectivity index (χ2n) is 5.81. The lowest BCUT2D eigenvalue weighted by Crippen LogP contribution is -2.44. The molecule has 0 aromatic carbocycles. The van der Waals surface area contributed by atoms with E-state index >= 15 is 0 Å². The molecule has 0 unspecified atom stereocenters. The zero-order valence-corrected chi connectivity index (χ0v) is 15.4. The molecular formula is C17H21N3O4S. The molecular weight excluding hydrogens is 342 g/mol. The van der Waals surface area contributed by atoms with Gasteiger partial charge in [0.2, 0.25) is 0 Å². The molecule has 8 heteroatoms. The van der Waals surface area contributed by atoms with Crippen LogP contribution in [0, 0.1) is 13.8 Å². The summed E-state index contributed by atoms with van der Waals surface area (Å²) in [5, 5.41) is 5.37. The molecule has 0 aliphatic rings. The monoisotopic (exact) mass is 363 g/mol. The summed E-state index contributed by atoms with van der Waals surface area (Å²) in [4.78, 5) is 36.6. The van der Waals surface area contributed by atoms with Crippen molar-refractivity contribution in [2.24, 2.45) is 0 Å². The minimum absolute atomic E-state index is 0.101. The van der Waals surface area contributed by atoms with Crippen molar-refractivity contribution in [1.82, 2.24) is 15.2 Å². The molecule has 2 aromatic rings. The number of nitrogens with zero attached hydrogens (tertiary/aromatic N) is 1. The zero-order valence-electron chi connectivity index (χ0n) is 14.6. The van der Waals surface area contributed by atoms with Gasteiger partial charge < -0.3 is 14.6 Å². The number of nitrogens with one attached hydrogen (secondary N) is 2. The predicted molar refractivity (Wildman–Crippen MR) is 95.2 cm³/mol. The number of carbonyl (C=O) groups is 3. The summed E-state index contributed by atoms with van der Waals surface area (Å²) in [6.07, 6.45) is 3.68. The van der Waals surface area contributed by atoms with Crippen molar-refractivity contribution in [3.05, 3.63) is 40.5 Å². The molecule has 2 rings (SSSR count). The average molecular weight is 363 g/mol. The Kier molecular flexibility index (Phi) is 5.97. The van der Waals surface area contributed by atoms with E-state index in [1.54, 1.807) is 13.8 Å². The lowest BCUT2D eigenvalue weighted by atomic mass is 10.1. The first-order valence-corrected chi connectivity index (χ1v) is 8.62. The van der Waals surface area contributed by atoms with Crippen molar-refractivity contribution in [3.8, 4) is 5.00 Å². The number of rotatable bonds is 5. The van der Waals surface area contributed by atoms with Crippen molar-refractivity contribution in [2.75, 3.05) is 6.61 Å². The fourth-order valence-electron chi connectivity index (χ4n) is 2.17. The fraction of sp³-hybridized carbons (Fsp3) is 0.353. The summed E-state index contributed by atoms with van der Waals surface area (Å²) in [5.41, 5.74) is 1.25. The van der Waals surface area contributed by atoms with E-state index in [4.69, 9.17) is 4.74 Å². The molecule has 0 atom stereocenters. The Morgan fingerprint density at radius 1 is 1.20 bits per heavy atom. The van der Waals surface area contributed by atoms with E-state index in [1.807, 2.05) is 42.9 Å². The zero-order chi connectivity index (χ0) is 18.6. The minimum atomic E-state index is -0.682. The van der Waals surface area contributed by atoms with Gasteiger partial charge in [-0.25, -0.2) is 9.59 Å². The van der Waals surface area contributed by atoms with Crippen molar-refractivity contribution >= 4 is 29.2 Å². The number of ether oxygens (including phenoxy) is 1. The van der Waals surface area contributed by atoms with Gasteiger partial charge in [-0.15, -0.1) is 11.3 Å². The van der Waals surface area contributed by atoms with Gasteiger partial charge >= 0.3 is 12.0 Å². The second kappa shape index (κ2) is 7.98. The molecule has 3 amide bonds.